The molecule has 33 heavy (non-hydrogen) atoms. The van der Waals surface area contributed by atoms with Crippen LogP contribution in [0, 0.1) is 0 Å². The van der Waals surface area contributed by atoms with Crippen molar-refractivity contribution in [1.82, 2.24) is 9.55 Å². The normalized spacial score (nSPS) is 13.4. The zero-order valence-corrected chi connectivity index (χ0v) is 17.9. The van der Waals surface area contributed by atoms with Crippen LogP contribution < -0.4 is 14.4 Å². The van der Waals surface area contributed by atoms with Crippen molar-refractivity contribution in [2.24, 2.45) is 0 Å². The van der Waals surface area contributed by atoms with Gasteiger partial charge in [-0.15, -0.1) is 0 Å². The van der Waals surface area contributed by atoms with Crippen LogP contribution in [0.5, 0.6) is 11.6 Å². The number of para-hydroxylation sites is 1. The lowest BCUT2D eigenvalue weighted by atomic mass is 10.1. The average Bonchev–Trinajstić information content (AvgIpc) is 3.35. The number of benzene rings is 2. The number of aromatic nitrogens is 2. The number of ether oxygens (including phenoxy) is 2. The lowest BCUT2D eigenvalue weighted by molar-refractivity contribution is 0.0697. The van der Waals surface area contributed by atoms with Crippen molar-refractivity contribution in [1.29, 1.82) is 0 Å². The molecule has 2 aromatic carbocycles. The first-order valence-electron chi connectivity index (χ1n) is 10.7. The standard InChI is InChI=1S/C26H23N3O4/c30-26(31)22-6-5-7-23(25(22)28-14-3-4-15-28)29-16-21(17-29)33-20-11-9-19(10-12-20)18-32-24-8-1-2-13-27-24/h1-15,21H,16-18H2,(H,30,31). The van der Waals surface area contributed by atoms with Crippen LogP contribution in [0.1, 0.15) is 15.9 Å². The van der Waals surface area contributed by atoms with Crippen molar-refractivity contribution in [3.8, 4) is 17.3 Å². The summed E-state index contributed by atoms with van der Waals surface area (Å²) in [7, 11) is 0. The molecule has 1 fully saturated rings. The molecule has 0 atom stereocenters. The number of carboxylic acids is 1. The first kappa shape index (κ1) is 20.6. The third-order valence-corrected chi connectivity index (χ3v) is 5.55. The van der Waals surface area contributed by atoms with Crippen LogP contribution in [0.2, 0.25) is 0 Å². The van der Waals surface area contributed by atoms with E-state index in [0.717, 1.165) is 17.0 Å². The van der Waals surface area contributed by atoms with E-state index in [1.807, 2.05) is 77.6 Å². The van der Waals surface area contributed by atoms with Crippen molar-refractivity contribution >= 4 is 11.7 Å². The molecule has 0 bridgehead atoms. The van der Waals surface area contributed by atoms with E-state index >= 15 is 0 Å². The fraction of sp³-hybridized carbons (Fsp3) is 0.154. The number of hydrogen-bond donors (Lipinski definition) is 1. The summed E-state index contributed by atoms with van der Waals surface area (Å²) in [5.41, 5.74) is 2.86. The molecule has 1 N–H and O–H groups in total. The van der Waals surface area contributed by atoms with Gasteiger partial charge >= 0.3 is 5.97 Å². The molecule has 0 saturated carbocycles. The summed E-state index contributed by atoms with van der Waals surface area (Å²) in [5.74, 6) is 0.450. The Bertz CT molecular complexity index is 1220. The van der Waals surface area contributed by atoms with Gasteiger partial charge in [0.05, 0.1) is 30.0 Å². The molecule has 0 amide bonds. The molecular weight excluding hydrogens is 418 g/mol. The van der Waals surface area contributed by atoms with Gasteiger partial charge in [-0.3, -0.25) is 0 Å². The molecule has 2 aromatic heterocycles. The van der Waals surface area contributed by atoms with Crippen LogP contribution in [0.3, 0.4) is 0 Å². The van der Waals surface area contributed by atoms with E-state index < -0.39 is 5.97 Å². The van der Waals surface area contributed by atoms with Gasteiger partial charge in [0.25, 0.3) is 0 Å². The van der Waals surface area contributed by atoms with Gasteiger partial charge in [0.15, 0.2) is 0 Å². The van der Waals surface area contributed by atoms with Crippen molar-refractivity contribution in [2.45, 2.75) is 12.7 Å². The monoisotopic (exact) mass is 441 g/mol. The van der Waals surface area contributed by atoms with Gasteiger partial charge in [-0.05, 0) is 48.0 Å². The summed E-state index contributed by atoms with van der Waals surface area (Å²) >= 11 is 0. The molecule has 0 radical (unpaired) electrons. The quantitative estimate of drug-likeness (QED) is 0.436. The van der Waals surface area contributed by atoms with E-state index in [-0.39, 0.29) is 11.7 Å². The molecule has 0 unspecified atom stereocenters. The third kappa shape index (κ3) is 4.52. The second-order valence-electron chi connectivity index (χ2n) is 7.81. The average molecular weight is 441 g/mol. The van der Waals surface area contributed by atoms with Gasteiger partial charge in [-0.25, -0.2) is 9.78 Å². The SMILES string of the molecule is O=C(O)c1cccc(N2CC(Oc3ccc(COc4ccccn4)cc3)C2)c1-n1cccc1. The molecule has 1 aliphatic heterocycles. The van der Waals surface area contributed by atoms with Gasteiger partial charge in [0.2, 0.25) is 5.88 Å². The number of aromatic carboxylic acids is 1. The Morgan fingerprint density at radius 1 is 0.970 bits per heavy atom. The Hall–Kier alpha value is -4.26. The molecule has 1 saturated heterocycles. The predicted molar refractivity (Wildman–Crippen MR) is 124 cm³/mol. The van der Waals surface area contributed by atoms with Crippen LogP contribution >= 0.6 is 0 Å². The summed E-state index contributed by atoms with van der Waals surface area (Å²) in [6.07, 6.45) is 5.45. The van der Waals surface area contributed by atoms with E-state index in [4.69, 9.17) is 9.47 Å². The van der Waals surface area contributed by atoms with Crippen molar-refractivity contribution in [2.75, 3.05) is 18.0 Å². The Morgan fingerprint density at radius 3 is 2.45 bits per heavy atom. The lowest BCUT2D eigenvalue weighted by Gasteiger charge is -2.41. The first-order chi connectivity index (χ1) is 16.2. The molecule has 166 valence electrons. The summed E-state index contributed by atoms with van der Waals surface area (Å²) in [5, 5.41) is 9.66. The minimum Gasteiger partial charge on any atom is -0.487 e. The van der Waals surface area contributed by atoms with Crippen molar-refractivity contribution in [3.63, 3.8) is 0 Å². The number of hydrogen-bond acceptors (Lipinski definition) is 5. The summed E-state index contributed by atoms with van der Waals surface area (Å²) in [6, 6.07) is 22.6. The topological polar surface area (TPSA) is 76.8 Å². The van der Waals surface area contributed by atoms with E-state index in [1.54, 1.807) is 18.3 Å². The van der Waals surface area contributed by atoms with E-state index in [9.17, 15) is 9.90 Å². The zero-order chi connectivity index (χ0) is 22.6. The highest BCUT2D eigenvalue weighted by Crippen LogP contribution is 2.32. The second kappa shape index (κ2) is 9.08. The van der Waals surface area contributed by atoms with Gasteiger partial charge < -0.3 is 24.0 Å². The number of anilines is 1. The Balaban J connectivity index is 1.21. The number of carbonyl (C=O) groups is 1. The maximum Gasteiger partial charge on any atom is 0.337 e. The smallest absolute Gasteiger partial charge is 0.337 e. The van der Waals surface area contributed by atoms with Crippen molar-refractivity contribution in [3.05, 3.63) is 103 Å². The third-order valence-electron chi connectivity index (χ3n) is 5.55. The molecular formula is C26H23N3O4. The molecule has 0 aliphatic carbocycles. The zero-order valence-electron chi connectivity index (χ0n) is 17.9. The first-order valence-corrected chi connectivity index (χ1v) is 10.7. The largest absolute Gasteiger partial charge is 0.487 e. The Morgan fingerprint density at radius 2 is 1.76 bits per heavy atom. The number of rotatable bonds is 8. The molecule has 1 aliphatic rings. The van der Waals surface area contributed by atoms with Gasteiger partial charge in [0, 0.05) is 24.7 Å². The highest BCUT2D eigenvalue weighted by molar-refractivity contribution is 5.95. The Labute approximate surface area is 191 Å². The van der Waals surface area contributed by atoms with E-state index in [1.165, 1.54) is 0 Å². The number of carboxylic acid groups (broad SMARTS) is 1. The molecule has 0 spiro atoms. The minimum absolute atomic E-state index is 0.0339. The highest BCUT2D eigenvalue weighted by atomic mass is 16.5. The maximum atomic E-state index is 11.8. The lowest BCUT2D eigenvalue weighted by Crippen LogP contribution is -2.54. The molecule has 5 rings (SSSR count). The minimum atomic E-state index is -0.944. The fourth-order valence-electron chi connectivity index (χ4n) is 3.87. The molecule has 7 nitrogen and oxygen atoms in total. The maximum absolute atomic E-state index is 11.8. The number of pyridine rings is 1. The Kier molecular flexibility index (Phi) is 5.68. The molecule has 3 heterocycles. The summed E-state index contributed by atoms with van der Waals surface area (Å²) in [6.45, 7) is 1.81. The van der Waals surface area contributed by atoms with Gasteiger partial charge in [0.1, 0.15) is 18.5 Å². The van der Waals surface area contributed by atoms with Gasteiger partial charge in [-0.2, -0.15) is 0 Å². The van der Waals surface area contributed by atoms with Gasteiger partial charge in [-0.1, -0.05) is 24.3 Å². The number of nitrogens with zero attached hydrogens (tertiary/aromatic N) is 3. The molecule has 4 aromatic rings. The molecule has 7 heteroatoms. The van der Waals surface area contributed by atoms with Crippen LogP contribution in [0.25, 0.3) is 5.69 Å². The predicted octanol–water partition coefficient (Wildman–Crippen LogP) is 4.42. The van der Waals surface area contributed by atoms with Crippen LogP contribution in [0.4, 0.5) is 5.69 Å². The van der Waals surface area contributed by atoms with Crippen LogP contribution in [0.15, 0.2) is 91.4 Å². The second-order valence-corrected chi connectivity index (χ2v) is 7.81. The highest BCUT2D eigenvalue weighted by Gasteiger charge is 2.31. The van der Waals surface area contributed by atoms with Crippen LogP contribution in [-0.2, 0) is 6.61 Å². The van der Waals surface area contributed by atoms with E-state index in [2.05, 4.69) is 9.88 Å². The fourth-order valence-corrected chi connectivity index (χ4v) is 3.87. The summed E-state index contributed by atoms with van der Waals surface area (Å²) < 4.78 is 13.6. The van der Waals surface area contributed by atoms with Crippen molar-refractivity contribution < 1.29 is 19.4 Å². The van der Waals surface area contributed by atoms with E-state index in [0.29, 0.717) is 31.3 Å². The van der Waals surface area contributed by atoms with Crippen LogP contribution in [-0.4, -0.2) is 39.8 Å². The summed E-state index contributed by atoms with van der Waals surface area (Å²) in [4.78, 5) is 18.1.